The van der Waals surface area contributed by atoms with Crippen molar-refractivity contribution in [1.29, 1.82) is 0 Å². The van der Waals surface area contributed by atoms with E-state index in [9.17, 15) is 9.90 Å². The van der Waals surface area contributed by atoms with E-state index in [1.165, 1.54) is 0 Å². The highest BCUT2D eigenvalue weighted by Crippen LogP contribution is 2.18. The lowest BCUT2D eigenvalue weighted by Crippen LogP contribution is -2.53. The van der Waals surface area contributed by atoms with E-state index >= 15 is 0 Å². The zero-order chi connectivity index (χ0) is 11.4. The Labute approximate surface area is 109 Å². The maximum absolute atomic E-state index is 11.9. The Morgan fingerprint density at radius 3 is 2.47 bits per heavy atom. The van der Waals surface area contributed by atoms with Crippen LogP contribution in [-0.2, 0) is 4.79 Å². The van der Waals surface area contributed by atoms with Crippen LogP contribution in [0.15, 0.2) is 0 Å². The summed E-state index contributed by atoms with van der Waals surface area (Å²) >= 11 is 0. The second-order valence-corrected chi connectivity index (χ2v) is 4.97. The molecule has 2 aliphatic rings. The minimum absolute atomic E-state index is 0. The van der Waals surface area contributed by atoms with E-state index in [1.54, 1.807) is 0 Å². The molecule has 4 nitrogen and oxygen atoms in total. The molecule has 0 bridgehead atoms. The second-order valence-electron chi connectivity index (χ2n) is 4.97. The van der Waals surface area contributed by atoms with Crippen molar-refractivity contribution < 1.29 is 9.90 Å². The Bertz CT molecular complexity index is 245. The first-order valence-corrected chi connectivity index (χ1v) is 6.49. The van der Waals surface area contributed by atoms with Gasteiger partial charge >= 0.3 is 0 Å². The van der Waals surface area contributed by atoms with Gasteiger partial charge in [-0.25, -0.2) is 0 Å². The molecule has 1 aliphatic carbocycles. The molecule has 0 aromatic carbocycles. The van der Waals surface area contributed by atoms with Crippen LogP contribution in [0.3, 0.4) is 0 Å². The summed E-state index contributed by atoms with van der Waals surface area (Å²) in [7, 11) is 0. The Balaban J connectivity index is 0.00000144. The number of hydrogen-bond donors (Lipinski definition) is 3. The fraction of sp³-hybridized carbons (Fsp3) is 0.917. The van der Waals surface area contributed by atoms with Crippen LogP contribution < -0.4 is 10.6 Å². The van der Waals surface area contributed by atoms with Gasteiger partial charge in [0.05, 0.1) is 18.2 Å². The Morgan fingerprint density at radius 2 is 1.82 bits per heavy atom. The minimum atomic E-state index is -0.346. The van der Waals surface area contributed by atoms with Gasteiger partial charge in [-0.1, -0.05) is 19.3 Å². The van der Waals surface area contributed by atoms with Crippen molar-refractivity contribution in [2.75, 3.05) is 6.54 Å². The van der Waals surface area contributed by atoms with Crippen LogP contribution in [-0.4, -0.2) is 35.7 Å². The summed E-state index contributed by atoms with van der Waals surface area (Å²) in [5.41, 5.74) is 0. The number of piperidine rings is 1. The van der Waals surface area contributed by atoms with E-state index in [0.29, 0.717) is 0 Å². The first-order valence-electron chi connectivity index (χ1n) is 6.49. The molecule has 100 valence electrons. The number of rotatable bonds is 2. The van der Waals surface area contributed by atoms with Crippen molar-refractivity contribution in [2.24, 2.45) is 0 Å². The van der Waals surface area contributed by atoms with Crippen molar-refractivity contribution in [2.45, 2.75) is 63.1 Å². The minimum Gasteiger partial charge on any atom is -0.391 e. The third-order valence-electron chi connectivity index (χ3n) is 3.68. The van der Waals surface area contributed by atoms with E-state index < -0.39 is 0 Å². The molecule has 0 unspecified atom stereocenters. The highest BCUT2D eigenvalue weighted by atomic mass is 35.5. The van der Waals surface area contributed by atoms with Crippen LogP contribution in [0.4, 0.5) is 0 Å². The van der Waals surface area contributed by atoms with Gasteiger partial charge in [0.1, 0.15) is 0 Å². The predicted molar refractivity (Wildman–Crippen MR) is 69.3 cm³/mol. The number of aliphatic hydroxyl groups excluding tert-OH is 1. The lowest BCUT2D eigenvalue weighted by atomic mass is 9.92. The van der Waals surface area contributed by atoms with Crippen molar-refractivity contribution in [3.05, 3.63) is 0 Å². The third kappa shape index (κ3) is 4.12. The van der Waals surface area contributed by atoms with Gasteiger partial charge in [0.15, 0.2) is 0 Å². The summed E-state index contributed by atoms with van der Waals surface area (Å²) in [4.78, 5) is 11.9. The average Bonchev–Trinajstić information content (AvgIpc) is 2.33. The molecule has 5 heteroatoms. The van der Waals surface area contributed by atoms with Gasteiger partial charge in [-0.2, -0.15) is 0 Å². The van der Waals surface area contributed by atoms with E-state index in [0.717, 1.165) is 51.5 Å². The van der Waals surface area contributed by atoms with Crippen LogP contribution in [0.2, 0.25) is 0 Å². The van der Waals surface area contributed by atoms with Crippen molar-refractivity contribution >= 4 is 18.3 Å². The standard InChI is InChI=1S/C12H22N2O2.ClH/c15-11-7-2-1-5-9(11)14-12(16)10-6-3-4-8-13-10;/h9-11,13,15H,1-8H2,(H,14,16);1H/t9-,10+,11-;/m0./s1. The molecule has 0 aromatic rings. The highest BCUT2D eigenvalue weighted by molar-refractivity contribution is 5.85. The lowest BCUT2D eigenvalue weighted by Gasteiger charge is -2.31. The summed E-state index contributed by atoms with van der Waals surface area (Å²) in [6.07, 6.45) is 6.79. The van der Waals surface area contributed by atoms with Crippen molar-refractivity contribution in [3.8, 4) is 0 Å². The highest BCUT2D eigenvalue weighted by Gasteiger charge is 2.28. The molecule has 1 saturated carbocycles. The molecule has 1 aliphatic heterocycles. The van der Waals surface area contributed by atoms with E-state index in [2.05, 4.69) is 10.6 Å². The Morgan fingerprint density at radius 1 is 1.12 bits per heavy atom. The normalized spacial score (nSPS) is 33.6. The molecule has 2 fully saturated rings. The smallest absolute Gasteiger partial charge is 0.237 e. The number of aliphatic hydroxyl groups is 1. The largest absolute Gasteiger partial charge is 0.391 e. The molecular formula is C12H23ClN2O2. The number of carbonyl (C=O) groups excluding carboxylic acids is 1. The second kappa shape index (κ2) is 7.19. The summed E-state index contributed by atoms with van der Waals surface area (Å²) in [6.45, 7) is 0.936. The Kier molecular flexibility index (Phi) is 6.23. The molecule has 1 amide bonds. The zero-order valence-corrected chi connectivity index (χ0v) is 11.0. The summed E-state index contributed by atoms with van der Waals surface area (Å²) in [5.74, 6) is 0.0747. The topological polar surface area (TPSA) is 61.4 Å². The molecular weight excluding hydrogens is 240 g/mol. The van der Waals surface area contributed by atoms with Gasteiger partial charge in [-0.05, 0) is 32.2 Å². The summed E-state index contributed by atoms with van der Waals surface area (Å²) in [5, 5.41) is 16.0. The van der Waals surface area contributed by atoms with Crippen molar-refractivity contribution in [1.82, 2.24) is 10.6 Å². The van der Waals surface area contributed by atoms with Gasteiger partial charge < -0.3 is 15.7 Å². The fourth-order valence-corrected chi connectivity index (χ4v) is 2.64. The predicted octanol–water partition coefficient (Wildman–Crippen LogP) is 0.970. The Hall–Kier alpha value is -0.320. The number of amides is 1. The third-order valence-corrected chi connectivity index (χ3v) is 3.68. The number of halogens is 1. The zero-order valence-electron chi connectivity index (χ0n) is 10.2. The maximum atomic E-state index is 11.9. The first-order chi connectivity index (χ1) is 7.77. The molecule has 0 spiro atoms. The molecule has 0 radical (unpaired) electrons. The van der Waals surface area contributed by atoms with Gasteiger partial charge in [0.2, 0.25) is 5.91 Å². The van der Waals surface area contributed by atoms with Gasteiger partial charge in [-0.15, -0.1) is 12.4 Å². The molecule has 0 aromatic heterocycles. The molecule has 1 saturated heterocycles. The first kappa shape index (κ1) is 14.7. The summed E-state index contributed by atoms with van der Waals surface area (Å²) < 4.78 is 0. The lowest BCUT2D eigenvalue weighted by molar-refractivity contribution is -0.125. The van der Waals surface area contributed by atoms with E-state index in [4.69, 9.17) is 0 Å². The molecule has 3 N–H and O–H groups in total. The summed E-state index contributed by atoms with van der Waals surface area (Å²) in [6, 6.07) is -0.0622. The van der Waals surface area contributed by atoms with Crippen LogP contribution in [0.1, 0.15) is 44.9 Å². The maximum Gasteiger partial charge on any atom is 0.237 e. The van der Waals surface area contributed by atoms with Crippen LogP contribution in [0, 0.1) is 0 Å². The van der Waals surface area contributed by atoms with Gasteiger partial charge in [-0.3, -0.25) is 4.79 Å². The van der Waals surface area contributed by atoms with Gasteiger partial charge in [0, 0.05) is 0 Å². The monoisotopic (exact) mass is 262 g/mol. The SMILES string of the molecule is Cl.O=C(N[C@H]1CCCC[C@@H]1O)[C@H]1CCCCN1. The molecule has 3 atom stereocenters. The van der Waals surface area contributed by atoms with Crippen LogP contribution in [0.25, 0.3) is 0 Å². The fourth-order valence-electron chi connectivity index (χ4n) is 2.64. The molecule has 1 heterocycles. The quantitative estimate of drug-likeness (QED) is 0.695. The van der Waals surface area contributed by atoms with Gasteiger partial charge in [0.25, 0.3) is 0 Å². The number of nitrogens with one attached hydrogen (secondary N) is 2. The van der Waals surface area contributed by atoms with Crippen LogP contribution >= 0.6 is 12.4 Å². The van der Waals surface area contributed by atoms with Crippen molar-refractivity contribution in [3.63, 3.8) is 0 Å². The molecule has 17 heavy (non-hydrogen) atoms. The van der Waals surface area contributed by atoms with Crippen LogP contribution in [0.5, 0.6) is 0 Å². The number of carbonyl (C=O) groups is 1. The number of hydrogen-bond acceptors (Lipinski definition) is 3. The average molecular weight is 263 g/mol. The van der Waals surface area contributed by atoms with E-state index in [-0.39, 0.29) is 36.5 Å². The van der Waals surface area contributed by atoms with E-state index in [1.807, 2.05) is 0 Å². The molecule has 2 rings (SSSR count).